The van der Waals surface area contributed by atoms with E-state index >= 15 is 0 Å². The van der Waals surface area contributed by atoms with Crippen molar-refractivity contribution in [3.63, 3.8) is 0 Å². The fourth-order valence-corrected chi connectivity index (χ4v) is 3.50. The lowest BCUT2D eigenvalue weighted by atomic mass is 10.1. The van der Waals surface area contributed by atoms with Crippen molar-refractivity contribution in [1.29, 1.82) is 0 Å². The third-order valence-corrected chi connectivity index (χ3v) is 4.77. The standard InChI is InChI=1S/C21H17ClO3/c22-18-12-17-15-9-4-10-16(15)21(23)25-19(17)13-20(18)24-11-5-8-14-6-2-1-3-7-14/h1-3,5-8,12-13H,4,9-11H2/b8-5+. The van der Waals surface area contributed by atoms with E-state index in [9.17, 15) is 4.79 Å². The number of rotatable bonds is 4. The van der Waals surface area contributed by atoms with Crippen LogP contribution >= 0.6 is 11.6 Å². The average Bonchev–Trinajstić information content (AvgIpc) is 3.11. The number of aryl methyl sites for hydroxylation is 1. The van der Waals surface area contributed by atoms with Crippen molar-refractivity contribution in [2.45, 2.75) is 19.3 Å². The van der Waals surface area contributed by atoms with Gasteiger partial charge in [-0.15, -0.1) is 0 Å². The maximum atomic E-state index is 12.1. The van der Waals surface area contributed by atoms with Crippen molar-refractivity contribution in [3.8, 4) is 5.75 Å². The van der Waals surface area contributed by atoms with Gasteiger partial charge >= 0.3 is 5.63 Å². The highest BCUT2D eigenvalue weighted by Crippen LogP contribution is 2.34. The van der Waals surface area contributed by atoms with Crippen LogP contribution in [0.1, 0.15) is 23.1 Å². The van der Waals surface area contributed by atoms with Crippen LogP contribution in [0.3, 0.4) is 0 Å². The summed E-state index contributed by atoms with van der Waals surface area (Å²) in [6.07, 6.45) is 6.58. The molecule has 1 aliphatic carbocycles. The molecule has 3 nitrogen and oxygen atoms in total. The van der Waals surface area contributed by atoms with Gasteiger partial charge in [0, 0.05) is 17.0 Å². The summed E-state index contributed by atoms with van der Waals surface area (Å²) in [5.74, 6) is 0.521. The lowest BCUT2D eigenvalue weighted by Crippen LogP contribution is -2.07. The number of halogens is 1. The first-order valence-electron chi connectivity index (χ1n) is 8.35. The molecule has 1 heterocycles. The van der Waals surface area contributed by atoms with E-state index in [1.807, 2.05) is 48.6 Å². The maximum Gasteiger partial charge on any atom is 0.339 e. The largest absolute Gasteiger partial charge is 0.488 e. The fourth-order valence-electron chi connectivity index (χ4n) is 3.28. The Morgan fingerprint density at radius 1 is 1.12 bits per heavy atom. The van der Waals surface area contributed by atoms with Crippen LogP contribution in [-0.4, -0.2) is 6.61 Å². The van der Waals surface area contributed by atoms with Gasteiger partial charge < -0.3 is 9.15 Å². The van der Waals surface area contributed by atoms with E-state index in [-0.39, 0.29) is 5.63 Å². The number of hydrogen-bond acceptors (Lipinski definition) is 3. The molecule has 25 heavy (non-hydrogen) atoms. The van der Waals surface area contributed by atoms with Crippen molar-refractivity contribution in [1.82, 2.24) is 0 Å². The predicted molar refractivity (Wildman–Crippen MR) is 100 cm³/mol. The normalized spacial score (nSPS) is 13.5. The summed E-state index contributed by atoms with van der Waals surface area (Å²) in [6.45, 7) is 0.384. The molecule has 0 amide bonds. The topological polar surface area (TPSA) is 39.4 Å². The van der Waals surface area contributed by atoms with Gasteiger partial charge in [0.15, 0.2) is 0 Å². The molecule has 4 heteroatoms. The van der Waals surface area contributed by atoms with Crippen LogP contribution in [0.15, 0.2) is 57.8 Å². The lowest BCUT2D eigenvalue weighted by molar-refractivity contribution is 0.363. The van der Waals surface area contributed by atoms with Crippen LogP contribution in [0.5, 0.6) is 5.75 Å². The van der Waals surface area contributed by atoms with Gasteiger partial charge in [0.25, 0.3) is 0 Å². The molecule has 126 valence electrons. The second-order valence-corrected chi connectivity index (χ2v) is 6.51. The molecule has 4 rings (SSSR count). The number of ether oxygens (including phenoxy) is 1. The Labute approximate surface area is 150 Å². The van der Waals surface area contributed by atoms with E-state index in [0.717, 1.165) is 41.3 Å². The molecule has 0 unspecified atom stereocenters. The highest BCUT2D eigenvalue weighted by molar-refractivity contribution is 6.32. The zero-order valence-electron chi connectivity index (χ0n) is 13.6. The van der Waals surface area contributed by atoms with Gasteiger partial charge in [-0.25, -0.2) is 4.79 Å². The van der Waals surface area contributed by atoms with E-state index in [1.165, 1.54) is 0 Å². The molecule has 0 fully saturated rings. The molecule has 1 aliphatic rings. The quantitative estimate of drug-likeness (QED) is 0.618. The third kappa shape index (κ3) is 3.20. The first-order chi connectivity index (χ1) is 12.2. The third-order valence-electron chi connectivity index (χ3n) is 4.47. The molecule has 0 saturated carbocycles. The van der Waals surface area contributed by atoms with Crippen LogP contribution in [0.4, 0.5) is 0 Å². The van der Waals surface area contributed by atoms with Gasteiger partial charge in [-0.3, -0.25) is 0 Å². The highest BCUT2D eigenvalue weighted by atomic mass is 35.5. The Balaban J connectivity index is 1.58. The molecular weight excluding hydrogens is 336 g/mol. The van der Waals surface area contributed by atoms with Gasteiger partial charge in [0.1, 0.15) is 17.9 Å². The highest BCUT2D eigenvalue weighted by Gasteiger charge is 2.20. The Morgan fingerprint density at radius 3 is 2.76 bits per heavy atom. The second-order valence-electron chi connectivity index (χ2n) is 6.10. The smallest absolute Gasteiger partial charge is 0.339 e. The van der Waals surface area contributed by atoms with Crippen molar-refractivity contribution in [3.05, 3.63) is 80.7 Å². The first-order valence-corrected chi connectivity index (χ1v) is 8.72. The lowest BCUT2D eigenvalue weighted by Gasteiger charge is -2.09. The summed E-state index contributed by atoms with van der Waals surface area (Å²) >= 11 is 6.37. The Morgan fingerprint density at radius 2 is 1.92 bits per heavy atom. The van der Waals surface area contributed by atoms with Crippen molar-refractivity contribution in [2.75, 3.05) is 6.61 Å². The van der Waals surface area contributed by atoms with Gasteiger partial charge in [0.2, 0.25) is 0 Å². The molecule has 0 bridgehead atoms. The summed E-state index contributed by atoms with van der Waals surface area (Å²) in [6, 6.07) is 13.6. The Hall–Kier alpha value is -2.52. The Bertz CT molecular complexity index is 1000. The minimum absolute atomic E-state index is 0.239. The van der Waals surface area contributed by atoms with Gasteiger partial charge in [-0.05, 0) is 42.5 Å². The van der Waals surface area contributed by atoms with E-state index in [2.05, 4.69) is 0 Å². The van der Waals surface area contributed by atoms with Crippen LogP contribution in [0, 0.1) is 0 Å². The van der Waals surface area contributed by atoms with Crippen molar-refractivity contribution < 1.29 is 9.15 Å². The molecule has 0 N–H and O–H groups in total. The van der Waals surface area contributed by atoms with Gasteiger partial charge in [-0.1, -0.05) is 48.0 Å². The minimum Gasteiger partial charge on any atom is -0.488 e. The van der Waals surface area contributed by atoms with E-state index in [1.54, 1.807) is 6.07 Å². The molecule has 2 aromatic carbocycles. The fraction of sp³-hybridized carbons (Fsp3) is 0.190. The van der Waals surface area contributed by atoms with Crippen LogP contribution in [-0.2, 0) is 12.8 Å². The predicted octanol–water partition coefficient (Wildman–Crippen LogP) is 5.03. The molecule has 0 aliphatic heterocycles. The van der Waals surface area contributed by atoms with E-state index < -0.39 is 0 Å². The van der Waals surface area contributed by atoms with Crippen LogP contribution in [0.25, 0.3) is 17.0 Å². The summed E-state index contributed by atoms with van der Waals surface area (Å²) < 4.78 is 11.2. The molecular formula is C21H17ClO3. The minimum atomic E-state index is -0.239. The van der Waals surface area contributed by atoms with Gasteiger partial charge in [-0.2, -0.15) is 0 Å². The van der Waals surface area contributed by atoms with Gasteiger partial charge in [0.05, 0.1) is 5.02 Å². The molecule has 0 saturated heterocycles. The molecule has 0 atom stereocenters. The van der Waals surface area contributed by atoms with E-state index in [4.69, 9.17) is 20.8 Å². The molecule has 1 aromatic heterocycles. The van der Waals surface area contributed by atoms with Crippen LogP contribution < -0.4 is 10.4 Å². The monoisotopic (exact) mass is 352 g/mol. The summed E-state index contributed by atoms with van der Waals surface area (Å²) in [4.78, 5) is 12.1. The van der Waals surface area contributed by atoms with Crippen molar-refractivity contribution in [2.24, 2.45) is 0 Å². The molecule has 0 spiro atoms. The SMILES string of the molecule is O=c1oc2cc(OC/C=C/c3ccccc3)c(Cl)cc2c2c1CCC2. The Kier molecular flexibility index (Phi) is 4.33. The van der Waals surface area contributed by atoms with Crippen molar-refractivity contribution >= 4 is 28.6 Å². The zero-order valence-corrected chi connectivity index (χ0v) is 14.4. The average molecular weight is 353 g/mol. The molecule has 0 radical (unpaired) electrons. The summed E-state index contributed by atoms with van der Waals surface area (Å²) in [5, 5.41) is 1.45. The first kappa shape index (κ1) is 16.0. The zero-order chi connectivity index (χ0) is 17.2. The van der Waals surface area contributed by atoms with Crippen LogP contribution in [0.2, 0.25) is 5.02 Å². The second kappa shape index (κ2) is 6.77. The summed E-state index contributed by atoms with van der Waals surface area (Å²) in [7, 11) is 0. The number of hydrogen-bond donors (Lipinski definition) is 0. The van der Waals surface area contributed by atoms with E-state index in [0.29, 0.717) is 23.0 Å². The molecule has 3 aromatic rings. The number of benzene rings is 2. The summed E-state index contributed by atoms with van der Waals surface area (Å²) in [5.41, 5.74) is 3.28. The maximum absolute atomic E-state index is 12.1. The number of fused-ring (bicyclic) bond motifs is 3.